The number of imidazole rings is 1. The third-order valence-corrected chi connectivity index (χ3v) is 4.26. The van der Waals surface area contributed by atoms with Gasteiger partial charge < -0.3 is 10.2 Å². The molecule has 2 N–H and O–H groups in total. The molecule has 0 aromatic carbocycles. The van der Waals surface area contributed by atoms with Gasteiger partial charge in [0, 0.05) is 29.6 Å². The van der Waals surface area contributed by atoms with E-state index in [4.69, 9.17) is 11.6 Å². The molecule has 0 atom stereocenters. The van der Waals surface area contributed by atoms with Crippen molar-refractivity contribution in [2.24, 2.45) is 0 Å². The van der Waals surface area contributed by atoms with E-state index in [1.165, 1.54) is 12.4 Å². The third kappa shape index (κ3) is 2.59. The van der Waals surface area contributed by atoms with Crippen LogP contribution in [-0.4, -0.2) is 29.7 Å². The van der Waals surface area contributed by atoms with Crippen LogP contribution in [0.2, 0.25) is 5.02 Å². The van der Waals surface area contributed by atoms with Crippen molar-refractivity contribution in [3.63, 3.8) is 0 Å². The number of aromatic nitrogens is 4. The van der Waals surface area contributed by atoms with Crippen LogP contribution >= 0.6 is 11.6 Å². The predicted molar refractivity (Wildman–Crippen MR) is 88.7 cm³/mol. The first-order valence-electron chi connectivity index (χ1n) is 7.46. The lowest BCUT2D eigenvalue weighted by atomic mass is 10.1. The molecule has 6 nitrogen and oxygen atoms in total. The van der Waals surface area contributed by atoms with E-state index >= 15 is 0 Å². The molecule has 7 heteroatoms. The summed E-state index contributed by atoms with van der Waals surface area (Å²) in [5.74, 6) is 0.0429. The Bertz CT molecular complexity index is 859. The fourth-order valence-corrected chi connectivity index (χ4v) is 3.11. The van der Waals surface area contributed by atoms with Gasteiger partial charge in [0.25, 0.3) is 6.01 Å². The highest BCUT2D eigenvalue weighted by atomic mass is 35.5. The Morgan fingerprint density at radius 2 is 1.91 bits per heavy atom. The van der Waals surface area contributed by atoms with Crippen LogP contribution in [-0.2, 0) is 0 Å². The molecule has 3 heterocycles. The summed E-state index contributed by atoms with van der Waals surface area (Å²) < 4.78 is 1.76. The minimum absolute atomic E-state index is 0.0429. The molecule has 0 aliphatic carbocycles. The lowest BCUT2D eigenvalue weighted by molar-refractivity contribution is 0.362. The van der Waals surface area contributed by atoms with Gasteiger partial charge >= 0.3 is 0 Å². The molecule has 0 bridgehead atoms. The highest BCUT2D eigenvalue weighted by Gasteiger charge is 2.22. The first-order valence-corrected chi connectivity index (χ1v) is 7.84. The van der Waals surface area contributed by atoms with Gasteiger partial charge in [-0.2, -0.15) is 4.98 Å². The van der Waals surface area contributed by atoms with Crippen molar-refractivity contribution in [1.82, 2.24) is 19.5 Å². The van der Waals surface area contributed by atoms with Gasteiger partial charge in [-0.25, -0.2) is 4.98 Å². The van der Waals surface area contributed by atoms with Crippen LogP contribution in [0.3, 0.4) is 0 Å². The SMILES string of the molecule is CCC(CC)n1c(O)nc2ncc(Cl)c(-c3cncc(O)c3)c21. The minimum Gasteiger partial charge on any atom is -0.506 e. The Labute approximate surface area is 138 Å². The maximum absolute atomic E-state index is 10.3. The smallest absolute Gasteiger partial charge is 0.296 e. The summed E-state index contributed by atoms with van der Waals surface area (Å²) in [6.45, 7) is 4.10. The van der Waals surface area contributed by atoms with Crippen molar-refractivity contribution in [1.29, 1.82) is 0 Å². The van der Waals surface area contributed by atoms with Crippen LogP contribution in [0, 0.1) is 0 Å². The summed E-state index contributed by atoms with van der Waals surface area (Å²) in [5.41, 5.74) is 2.36. The van der Waals surface area contributed by atoms with Crippen molar-refractivity contribution in [2.45, 2.75) is 32.7 Å². The van der Waals surface area contributed by atoms with Gasteiger partial charge in [0.2, 0.25) is 0 Å². The van der Waals surface area contributed by atoms with Gasteiger partial charge in [0.15, 0.2) is 5.65 Å². The molecule has 3 aromatic rings. The van der Waals surface area contributed by atoms with E-state index in [0.29, 0.717) is 27.3 Å². The molecule has 0 unspecified atom stereocenters. The average Bonchev–Trinajstić information content (AvgIpc) is 2.85. The molecule has 0 aliphatic rings. The Hall–Kier alpha value is -2.34. The zero-order chi connectivity index (χ0) is 16.6. The lowest BCUT2D eigenvalue weighted by Crippen LogP contribution is -2.07. The van der Waals surface area contributed by atoms with Crippen LogP contribution in [0.4, 0.5) is 0 Å². The predicted octanol–water partition coefficient (Wildman–Crippen LogP) is 3.92. The Kier molecular flexibility index (Phi) is 4.09. The van der Waals surface area contributed by atoms with E-state index in [-0.39, 0.29) is 17.8 Å². The first-order chi connectivity index (χ1) is 11.1. The number of pyridine rings is 2. The summed E-state index contributed by atoms with van der Waals surface area (Å²) >= 11 is 6.37. The molecule has 0 amide bonds. The molecule has 0 radical (unpaired) electrons. The second-order valence-corrected chi connectivity index (χ2v) is 5.74. The molecule has 0 aliphatic heterocycles. The zero-order valence-corrected chi connectivity index (χ0v) is 13.6. The highest BCUT2D eigenvalue weighted by molar-refractivity contribution is 6.34. The number of fused-ring (bicyclic) bond motifs is 1. The average molecular weight is 333 g/mol. The van der Waals surface area contributed by atoms with Crippen LogP contribution in [0.1, 0.15) is 32.7 Å². The topological polar surface area (TPSA) is 84.1 Å². The third-order valence-electron chi connectivity index (χ3n) is 3.97. The van der Waals surface area contributed by atoms with Crippen LogP contribution in [0.25, 0.3) is 22.3 Å². The number of rotatable bonds is 4. The Morgan fingerprint density at radius 3 is 2.57 bits per heavy atom. The molecule has 0 saturated heterocycles. The van der Waals surface area contributed by atoms with E-state index in [9.17, 15) is 10.2 Å². The highest BCUT2D eigenvalue weighted by Crippen LogP contribution is 2.39. The molecule has 3 aromatic heterocycles. The van der Waals surface area contributed by atoms with Gasteiger partial charge in [0.05, 0.1) is 11.2 Å². The van der Waals surface area contributed by atoms with Crippen LogP contribution in [0.5, 0.6) is 11.8 Å². The van der Waals surface area contributed by atoms with E-state index in [1.807, 2.05) is 13.8 Å². The monoisotopic (exact) mass is 332 g/mol. The fraction of sp³-hybridized carbons (Fsp3) is 0.312. The number of aromatic hydroxyl groups is 2. The lowest BCUT2D eigenvalue weighted by Gasteiger charge is -2.18. The molecule has 0 spiro atoms. The van der Waals surface area contributed by atoms with E-state index in [0.717, 1.165) is 12.8 Å². The summed E-state index contributed by atoms with van der Waals surface area (Å²) in [6, 6.07) is 1.57. The maximum Gasteiger partial charge on any atom is 0.296 e. The van der Waals surface area contributed by atoms with Crippen molar-refractivity contribution in [3.8, 4) is 22.9 Å². The molecule has 0 fully saturated rings. The number of nitrogens with zero attached hydrogens (tertiary/aromatic N) is 4. The molecular weight excluding hydrogens is 316 g/mol. The normalized spacial score (nSPS) is 11.5. The van der Waals surface area contributed by atoms with E-state index in [2.05, 4.69) is 15.0 Å². The van der Waals surface area contributed by atoms with E-state index in [1.54, 1.807) is 16.8 Å². The maximum atomic E-state index is 10.3. The van der Waals surface area contributed by atoms with Crippen LogP contribution < -0.4 is 0 Å². The number of halogens is 1. The van der Waals surface area contributed by atoms with Gasteiger partial charge in [-0.1, -0.05) is 25.4 Å². The summed E-state index contributed by atoms with van der Waals surface area (Å²) in [4.78, 5) is 12.4. The van der Waals surface area contributed by atoms with Gasteiger partial charge in [-0.15, -0.1) is 0 Å². The molecular formula is C16H17ClN4O2. The van der Waals surface area contributed by atoms with Gasteiger partial charge in [-0.3, -0.25) is 9.55 Å². The zero-order valence-electron chi connectivity index (χ0n) is 12.9. The van der Waals surface area contributed by atoms with E-state index < -0.39 is 0 Å². The number of hydrogen-bond acceptors (Lipinski definition) is 5. The molecule has 0 saturated carbocycles. The Morgan fingerprint density at radius 1 is 1.17 bits per heavy atom. The first kappa shape index (κ1) is 15.6. The second kappa shape index (κ2) is 6.04. The van der Waals surface area contributed by atoms with Crippen molar-refractivity contribution in [3.05, 3.63) is 29.7 Å². The molecule has 3 rings (SSSR count). The van der Waals surface area contributed by atoms with Crippen molar-refractivity contribution < 1.29 is 10.2 Å². The Balaban J connectivity index is 2.39. The standard InChI is InChI=1S/C16H17ClN4O2/c1-3-10(4-2)21-14-13(9-5-11(22)7-18-6-9)12(17)8-19-15(14)20-16(21)23/h5-8,10,22H,3-4H2,1-2H3,(H,19,20,23). The van der Waals surface area contributed by atoms with Crippen molar-refractivity contribution in [2.75, 3.05) is 0 Å². The second-order valence-electron chi connectivity index (χ2n) is 5.34. The summed E-state index contributed by atoms with van der Waals surface area (Å²) in [6.07, 6.45) is 6.12. The molecule has 120 valence electrons. The van der Waals surface area contributed by atoms with Gasteiger partial charge in [-0.05, 0) is 18.9 Å². The quantitative estimate of drug-likeness (QED) is 0.756. The summed E-state index contributed by atoms with van der Waals surface area (Å²) in [7, 11) is 0. The minimum atomic E-state index is -0.0853. The fourth-order valence-electron chi connectivity index (χ4n) is 2.87. The van der Waals surface area contributed by atoms with Crippen molar-refractivity contribution >= 4 is 22.8 Å². The molecule has 23 heavy (non-hydrogen) atoms. The summed E-state index contributed by atoms with van der Waals surface area (Å²) in [5, 5.41) is 20.4. The van der Waals surface area contributed by atoms with Crippen LogP contribution in [0.15, 0.2) is 24.7 Å². The number of hydrogen-bond donors (Lipinski definition) is 2. The largest absolute Gasteiger partial charge is 0.506 e. The van der Waals surface area contributed by atoms with Gasteiger partial charge in [0.1, 0.15) is 11.3 Å².